The molecule has 178 valence electrons. The van der Waals surface area contributed by atoms with E-state index in [1.165, 1.54) is 17.6 Å². The standard InChI is InChI=1S/C27H32N4O3/c1-21(32)31(19-27(2,3)23-9-5-4-6-10-23)34-29-26-11-7-8-22-18-24(12-13-25(22)26)33-17-16-30-15-14-28-20-30/h4-6,9-15,18,20,29H,7-8,16-17,19H2,1-3H3. The molecule has 1 aliphatic rings. The van der Waals surface area contributed by atoms with Crippen molar-refractivity contribution in [2.75, 3.05) is 13.2 Å². The molecule has 0 bridgehead atoms. The summed E-state index contributed by atoms with van der Waals surface area (Å²) in [6.07, 6.45) is 9.37. The summed E-state index contributed by atoms with van der Waals surface area (Å²) in [6.45, 7) is 7.46. The van der Waals surface area contributed by atoms with E-state index in [-0.39, 0.29) is 11.3 Å². The minimum atomic E-state index is -0.267. The second-order valence-corrected chi connectivity index (χ2v) is 9.12. The highest BCUT2D eigenvalue weighted by Crippen LogP contribution is 2.29. The number of ether oxygens (including phenoxy) is 1. The number of hydroxylamine groups is 3. The van der Waals surface area contributed by atoms with Gasteiger partial charge in [-0.15, -0.1) is 0 Å². The molecule has 0 aliphatic heterocycles. The van der Waals surface area contributed by atoms with Gasteiger partial charge < -0.3 is 9.30 Å². The maximum atomic E-state index is 12.3. The summed E-state index contributed by atoms with van der Waals surface area (Å²) in [5.74, 6) is 0.686. The Hall–Kier alpha value is -3.58. The molecule has 0 spiro atoms. The van der Waals surface area contributed by atoms with Crippen LogP contribution in [0.5, 0.6) is 5.75 Å². The summed E-state index contributed by atoms with van der Waals surface area (Å²) >= 11 is 0. The fourth-order valence-electron chi connectivity index (χ4n) is 4.05. The average Bonchev–Trinajstić information content (AvgIpc) is 3.35. The molecule has 2 aromatic carbocycles. The normalized spacial score (nSPS) is 13.1. The van der Waals surface area contributed by atoms with Gasteiger partial charge in [-0.1, -0.05) is 50.3 Å². The summed E-state index contributed by atoms with van der Waals surface area (Å²) in [4.78, 5) is 22.2. The monoisotopic (exact) mass is 460 g/mol. The van der Waals surface area contributed by atoms with Gasteiger partial charge in [-0.05, 0) is 42.2 Å². The second-order valence-electron chi connectivity index (χ2n) is 9.12. The lowest BCUT2D eigenvalue weighted by Crippen LogP contribution is -2.42. The van der Waals surface area contributed by atoms with Crippen LogP contribution < -0.4 is 10.2 Å². The van der Waals surface area contributed by atoms with E-state index in [9.17, 15) is 4.79 Å². The molecule has 4 rings (SSSR count). The molecule has 1 amide bonds. The molecule has 0 fully saturated rings. The molecule has 1 aromatic heterocycles. The largest absolute Gasteiger partial charge is 0.492 e. The first-order valence-electron chi connectivity index (χ1n) is 11.6. The lowest BCUT2D eigenvalue weighted by molar-refractivity contribution is -0.206. The van der Waals surface area contributed by atoms with Gasteiger partial charge in [-0.2, -0.15) is 10.0 Å². The van der Waals surface area contributed by atoms with Crippen molar-refractivity contribution in [2.45, 2.75) is 45.6 Å². The van der Waals surface area contributed by atoms with Gasteiger partial charge in [0.1, 0.15) is 12.4 Å². The Labute approximate surface area is 200 Å². The van der Waals surface area contributed by atoms with Crippen LogP contribution in [0.25, 0.3) is 5.70 Å². The van der Waals surface area contributed by atoms with Crippen molar-refractivity contribution in [1.82, 2.24) is 20.1 Å². The number of carbonyl (C=O) groups is 1. The van der Waals surface area contributed by atoms with E-state index in [4.69, 9.17) is 9.68 Å². The first-order chi connectivity index (χ1) is 16.4. The fourth-order valence-corrected chi connectivity index (χ4v) is 4.05. The number of imidazole rings is 1. The molecule has 3 aromatic rings. The van der Waals surface area contributed by atoms with Gasteiger partial charge in [-0.25, -0.2) is 10.5 Å². The average molecular weight is 461 g/mol. The van der Waals surface area contributed by atoms with Crippen molar-refractivity contribution < 1.29 is 14.5 Å². The van der Waals surface area contributed by atoms with Crippen LogP contribution in [0, 0.1) is 0 Å². The van der Waals surface area contributed by atoms with E-state index < -0.39 is 0 Å². The van der Waals surface area contributed by atoms with Gasteiger partial charge in [0, 0.05) is 30.3 Å². The SMILES string of the molecule is CC(=O)N(CC(C)(C)c1ccccc1)ONC1=CCCc2cc(OCCn3ccnc3)ccc21. The number of hydrogen-bond acceptors (Lipinski definition) is 5. The Balaban J connectivity index is 1.38. The minimum absolute atomic E-state index is 0.158. The highest BCUT2D eigenvalue weighted by Gasteiger charge is 2.27. The van der Waals surface area contributed by atoms with E-state index in [1.807, 2.05) is 41.1 Å². The Morgan fingerprint density at radius 1 is 1.21 bits per heavy atom. The number of fused-ring (bicyclic) bond motifs is 1. The lowest BCUT2D eigenvalue weighted by atomic mass is 9.84. The zero-order chi connectivity index (χ0) is 24.0. The van der Waals surface area contributed by atoms with Gasteiger partial charge in [0.2, 0.25) is 5.91 Å². The molecule has 7 nitrogen and oxygen atoms in total. The van der Waals surface area contributed by atoms with Crippen molar-refractivity contribution in [2.24, 2.45) is 0 Å². The van der Waals surface area contributed by atoms with Crippen LogP contribution in [0.3, 0.4) is 0 Å². The molecule has 0 atom stereocenters. The first kappa shape index (κ1) is 23.6. The van der Waals surface area contributed by atoms with Gasteiger partial charge in [-0.3, -0.25) is 4.79 Å². The Bertz CT molecular complexity index is 1120. The Morgan fingerprint density at radius 2 is 2.03 bits per heavy atom. The van der Waals surface area contributed by atoms with Crippen LogP contribution in [0.15, 0.2) is 73.3 Å². The number of carbonyl (C=O) groups excluding carboxylic acids is 1. The highest BCUT2D eigenvalue weighted by molar-refractivity contribution is 5.72. The highest BCUT2D eigenvalue weighted by atomic mass is 16.8. The van der Waals surface area contributed by atoms with Gasteiger partial charge in [0.15, 0.2) is 0 Å². The van der Waals surface area contributed by atoms with E-state index in [2.05, 4.69) is 48.6 Å². The predicted molar refractivity (Wildman–Crippen MR) is 132 cm³/mol. The number of nitrogens with zero attached hydrogens (tertiary/aromatic N) is 3. The van der Waals surface area contributed by atoms with Crippen LogP contribution in [0.4, 0.5) is 0 Å². The van der Waals surface area contributed by atoms with Crippen molar-refractivity contribution >= 4 is 11.6 Å². The predicted octanol–water partition coefficient (Wildman–Crippen LogP) is 4.51. The fraction of sp³-hybridized carbons (Fsp3) is 0.333. The number of aromatic nitrogens is 2. The zero-order valence-electron chi connectivity index (χ0n) is 20.0. The number of aryl methyl sites for hydroxylation is 1. The number of amides is 1. The quantitative estimate of drug-likeness (QED) is 0.451. The van der Waals surface area contributed by atoms with Crippen molar-refractivity contribution in [3.05, 3.63) is 90.0 Å². The molecule has 1 heterocycles. The zero-order valence-corrected chi connectivity index (χ0v) is 20.0. The Kier molecular flexibility index (Phi) is 7.33. The maximum Gasteiger partial charge on any atom is 0.244 e. The lowest BCUT2D eigenvalue weighted by Gasteiger charge is -2.32. The van der Waals surface area contributed by atoms with Crippen LogP contribution in [0.1, 0.15) is 43.9 Å². The minimum Gasteiger partial charge on any atom is -0.492 e. The van der Waals surface area contributed by atoms with E-state index in [0.717, 1.165) is 42.0 Å². The van der Waals surface area contributed by atoms with Crippen LogP contribution in [-0.4, -0.2) is 33.7 Å². The van der Waals surface area contributed by atoms with E-state index in [0.29, 0.717) is 13.2 Å². The summed E-state index contributed by atoms with van der Waals surface area (Å²) in [6, 6.07) is 16.2. The molecule has 34 heavy (non-hydrogen) atoms. The third-order valence-corrected chi connectivity index (χ3v) is 6.02. The Morgan fingerprint density at radius 3 is 2.76 bits per heavy atom. The third-order valence-electron chi connectivity index (χ3n) is 6.02. The molecule has 0 saturated carbocycles. The van der Waals surface area contributed by atoms with Gasteiger partial charge >= 0.3 is 0 Å². The van der Waals surface area contributed by atoms with Gasteiger partial charge in [0.25, 0.3) is 0 Å². The molecular formula is C27H32N4O3. The molecule has 0 unspecified atom stereocenters. The number of hydrogen-bond donors (Lipinski definition) is 1. The molecule has 7 heteroatoms. The summed E-state index contributed by atoms with van der Waals surface area (Å²) in [7, 11) is 0. The number of rotatable bonds is 10. The van der Waals surface area contributed by atoms with Crippen molar-refractivity contribution in [1.29, 1.82) is 0 Å². The van der Waals surface area contributed by atoms with E-state index in [1.54, 1.807) is 12.5 Å². The maximum absolute atomic E-state index is 12.3. The van der Waals surface area contributed by atoms with E-state index >= 15 is 0 Å². The van der Waals surface area contributed by atoms with Crippen molar-refractivity contribution in [3.8, 4) is 5.75 Å². The molecule has 1 aliphatic carbocycles. The molecule has 0 saturated heterocycles. The van der Waals surface area contributed by atoms with Crippen LogP contribution in [-0.2, 0) is 28.1 Å². The van der Waals surface area contributed by atoms with Crippen LogP contribution >= 0.6 is 0 Å². The summed E-state index contributed by atoms with van der Waals surface area (Å²) in [5, 5.41) is 1.38. The number of benzene rings is 2. The van der Waals surface area contributed by atoms with Crippen LogP contribution in [0.2, 0.25) is 0 Å². The molecular weight excluding hydrogens is 428 g/mol. The topological polar surface area (TPSA) is 68.6 Å². The third kappa shape index (κ3) is 5.85. The van der Waals surface area contributed by atoms with Crippen molar-refractivity contribution in [3.63, 3.8) is 0 Å². The second kappa shape index (κ2) is 10.6. The smallest absolute Gasteiger partial charge is 0.244 e. The summed E-state index contributed by atoms with van der Waals surface area (Å²) < 4.78 is 7.92. The molecule has 1 N–H and O–H groups in total. The van der Waals surface area contributed by atoms with Gasteiger partial charge in [0.05, 0.1) is 25.1 Å². The number of allylic oxidation sites excluding steroid dienone is 1. The molecule has 0 radical (unpaired) electrons. The first-order valence-corrected chi connectivity index (χ1v) is 11.6. The summed E-state index contributed by atoms with van der Waals surface area (Å²) in [5.41, 5.74) is 7.01. The number of nitrogens with one attached hydrogen (secondary N) is 1.